The first-order chi connectivity index (χ1) is 26.8. The van der Waals surface area contributed by atoms with Gasteiger partial charge in [0.1, 0.15) is 0 Å². The third-order valence-corrected chi connectivity index (χ3v) is 11.0. The molecule has 1 nitrogen and oxygen atoms in total. The van der Waals surface area contributed by atoms with E-state index in [0.29, 0.717) is 0 Å². The van der Waals surface area contributed by atoms with Crippen molar-refractivity contribution in [2.24, 2.45) is 0 Å². The Morgan fingerprint density at radius 1 is 0.345 bits per heavy atom. The Bertz CT molecular complexity index is 2710. The van der Waals surface area contributed by atoms with Crippen LogP contribution in [0.3, 0.4) is 0 Å². The zero-order valence-electron chi connectivity index (χ0n) is 32.4. The zero-order valence-corrected chi connectivity index (χ0v) is 32.4. The van der Waals surface area contributed by atoms with E-state index in [0.717, 1.165) is 0 Å². The molecule has 9 aromatic rings. The van der Waals surface area contributed by atoms with Gasteiger partial charge in [-0.25, -0.2) is 0 Å². The fourth-order valence-electron chi connectivity index (χ4n) is 7.95. The van der Waals surface area contributed by atoms with E-state index in [1.54, 1.807) is 0 Å². The maximum absolute atomic E-state index is 2.35. The molecule has 0 spiro atoms. The van der Waals surface area contributed by atoms with Crippen molar-refractivity contribution in [1.82, 2.24) is 4.57 Å². The van der Waals surface area contributed by atoms with Gasteiger partial charge in [-0.05, 0) is 95.6 Å². The molecule has 0 aliphatic heterocycles. The summed E-state index contributed by atoms with van der Waals surface area (Å²) in [5, 5.41) is 2.59. The van der Waals surface area contributed by atoms with Gasteiger partial charge in [0.25, 0.3) is 0 Å². The Morgan fingerprint density at radius 3 is 1.53 bits per heavy atom. The molecule has 0 N–H and O–H groups in total. The Labute approximate surface area is 326 Å². The van der Waals surface area contributed by atoms with Gasteiger partial charge in [-0.3, -0.25) is 0 Å². The van der Waals surface area contributed by atoms with E-state index in [2.05, 4.69) is 227 Å². The molecule has 0 saturated carbocycles. The standard InChI is InChI=1S/C25H19N.C16H16.C13H12/c1-18-11-13-19(14-12-18)20-15-16-25-23(17-20)22-9-5-6-10-24(22)26(25)21-7-3-2-4-8-21;1-11-8-9-13-12-6-4-5-7-14(12)16(2,3)15(13)10-11;1-11-7-9-13(10-8-11)12-5-3-2-4-6-12/h2-17H,1H3;4-10H,1-3H3;2-10H,1H3. The molecule has 0 saturated heterocycles. The average Bonchev–Trinajstić information content (AvgIpc) is 3.67. The van der Waals surface area contributed by atoms with Gasteiger partial charge in [-0.1, -0.05) is 194 Å². The third kappa shape index (κ3) is 7.14. The van der Waals surface area contributed by atoms with Crippen molar-refractivity contribution in [3.63, 3.8) is 0 Å². The van der Waals surface area contributed by atoms with Gasteiger partial charge in [0.2, 0.25) is 0 Å². The number of hydrogen-bond donors (Lipinski definition) is 0. The summed E-state index contributed by atoms with van der Waals surface area (Å²) in [6, 6.07) is 69.4. The minimum atomic E-state index is 0.151. The largest absolute Gasteiger partial charge is 0.309 e. The van der Waals surface area contributed by atoms with Crippen molar-refractivity contribution in [2.75, 3.05) is 0 Å². The summed E-state index contributed by atoms with van der Waals surface area (Å²) in [6.45, 7) is 11.0. The molecular formula is C54H47N. The van der Waals surface area contributed by atoms with Crippen molar-refractivity contribution < 1.29 is 0 Å². The SMILES string of the molecule is Cc1ccc(-c2ccc3c(c2)c2ccccc2n3-c2ccccc2)cc1.Cc1ccc(-c2ccccc2)cc1.Cc1ccc2c(c1)C(C)(C)c1ccccc1-2. The lowest BCUT2D eigenvalue weighted by atomic mass is 9.82. The van der Waals surface area contributed by atoms with Gasteiger partial charge in [0, 0.05) is 21.9 Å². The van der Waals surface area contributed by atoms with Crippen LogP contribution in [0.4, 0.5) is 0 Å². The number of rotatable bonds is 3. The summed E-state index contributed by atoms with van der Waals surface area (Å²) in [6.07, 6.45) is 0. The predicted octanol–water partition coefficient (Wildman–Crippen LogP) is 14.7. The molecule has 0 bridgehead atoms. The molecular weight excluding hydrogens is 663 g/mol. The smallest absolute Gasteiger partial charge is 0.0541 e. The number of hydrogen-bond acceptors (Lipinski definition) is 0. The second-order valence-electron chi connectivity index (χ2n) is 15.2. The molecule has 0 atom stereocenters. The fraction of sp³-hybridized carbons (Fsp3) is 0.111. The Balaban J connectivity index is 0.000000126. The quantitative estimate of drug-likeness (QED) is 0.172. The van der Waals surface area contributed by atoms with Crippen molar-refractivity contribution in [2.45, 2.75) is 40.0 Å². The summed E-state index contributed by atoms with van der Waals surface area (Å²) < 4.78 is 2.35. The molecule has 1 aliphatic rings. The second kappa shape index (κ2) is 15.1. The van der Waals surface area contributed by atoms with Gasteiger partial charge in [0.05, 0.1) is 11.0 Å². The first kappa shape index (κ1) is 35.6. The molecule has 268 valence electrons. The van der Waals surface area contributed by atoms with Gasteiger partial charge in [0.15, 0.2) is 0 Å². The van der Waals surface area contributed by atoms with Crippen LogP contribution in [0.25, 0.3) is 60.9 Å². The fourth-order valence-corrected chi connectivity index (χ4v) is 7.95. The Hall–Kier alpha value is -6.44. The van der Waals surface area contributed by atoms with E-state index < -0.39 is 0 Å². The molecule has 0 radical (unpaired) electrons. The van der Waals surface area contributed by atoms with E-state index in [9.17, 15) is 0 Å². The molecule has 8 aromatic carbocycles. The molecule has 0 unspecified atom stereocenters. The summed E-state index contributed by atoms with van der Waals surface area (Å²) in [7, 11) is 0. The van der Waals surface area contributed by atoms with Gasteiger partial charge in [-0.2, -0.15) is 0 Å². The lowest BCUT2D eigenvalue weighted by molar-refractivity contribution is 0.660. The normalized spacial score (nSPS) is 12.2. The second-order valence-corrected chi connectivity index (χ2v) is 15.2. The summed E-state index contributed by atoms with van der Waals surface area (Å²) >= 11 is 0. The number of benzene rings is 8. The van der Waals surface area contributed by atoms with Crippen molar-refractivity contribution >= 4 is 21.8 Å². The van der Waals surface area contributed by atoms with E-state index in [-0.39, 0.29) is 5.41 Å². The Morgan fingerprint density at radius 2 is 0.836 bits per heavy atom. The molecule has 1 aromatic heterocycles. The lowest BCUT2D eigenvalue weighted by Crippen LogP contribution is -2.14. The van der Waals surface area contributed by atoms with E-state index in [4.69, 9.17) is 0 Å². The number of aryl methyl sites for hydroxylation is 3. The molecule has 10 rings (SSSR count). The highest BCUT2D eigenvalue weighted by molar-refractivity contribution is 6.10. The summed E-state index contributed by atoms with van der Waals surface area (Å²) in [5.74, 6) is 0. The number of nitrogens with zero attached hydrogens (tertiary/aromatic N) is 1. The number of aromatic nitrogens is 1. The zero-order chi connectivity index (χ0) is 37.9. The van der Waals surface area contributed by atoms with Crippen LogP contribution >= 0.6 is 0 Å². The van der Waals surface area contributed by atoms with Crippen LogP contribution in [-0.2, 0) is 5.41 Å². The highest BCUT2D eigenvalue weighted by Crippen LogP contribution is 2.48. The first-order valence-electron chi connectivity index (χ1n) is 19.3. The van der Waals surface area contributed by atoms with Crippen LogP contribution in [0.15, 0.2) is 194 Å². The van der Waals surface area contributed by atoms with Crippen LogP contribution in [0.1, 0.15) is 41.7 Å². The van der Waals surface area contributed by atoms with E-state index >= 15 is 0 Å². The summed E-state index contributed by atoms with van der Waals surface area (Å²) in [5.41, 5.74) is 18.6. The molecule has 0 amide bonds. The van der Waals surface area contributed by atoms with Crippen LogP contribution in [0.2, 0.25) is 0 Å². The maximum Gasteiger partial charge on any atom is 0.0541 e. The van der Waals surface area contributed by atoms with Crippen LogP contribution < -0.4 is 0 Å². The first-order valence-corrected chi connectivity index (χ1v) is 19.3. The summed E-state index contributed by atoms with van der Waals surface area (Å²) in [4.78, 5) is 0. The van der Waals surface area contributed by atoms with Crippen molar-refractivity contribution in [3.8, 4) is 39.1 Å². The monoisotopic (exact) mass is 709 g/mol. The highest BCUT2D eigenvalue weighted by atomic mass is 15.0. The van der Waals surface area contributed by atoms with Gasteiger partial charge < -0.3 is 4.57 Å². The van der Waals surface area contributed by atoms with Crippen LogP contribution in [0, 0.1) is 20.8 Å². The third-order valence-electron chi connectivity index (χ3n) is 11.0. The Kier molecular flexibility index (Phi) is 9.79. The van der Waals surface area contributed by atoms with Crippen molar-refractivity contribution in [1.29, 1.82) is 0 Å². The topological polar surface area (TPSA) is 4.93 Å². The molecule has 1 heteroatoms. The van der Waals surface area contributed by atoms with Crippen LogP contribution in [-0.4, -0.2) is 4.57 Å². The number of para-hydroxylation sites is 2. The minimum absolute atomic E-state index is 0.151. The predicted molar refractivity (Wildman–Crippen MR) is 236 cm³/mol. The van der Waals surface area contributed by atoms with E-state index in [1.165, 1.54) is 88.7 Å². The van der Waals surface area contributed by atoms with Gasteiger partial charge >= 0.3 is 0 Å². The highest BCUT2D eigenvalue weighted by Gasteiger charge is 2.34. The average molecular weight is 710 g/mol. The van der Waals surface area contributed by atoms with Crippen LogP contribution in [0.5, 0.6) is 0 Å². The molecule has 1 aliphatic carbocycles. The molecule has 1 heterocycles. The minimum Gasteiger partial charge on any atom is -0.309 e. The number of fused-ring (bicyclic) bond motifs is 6. The molecule has 55 heavy (non-hydrogen) atoms. The van der Waals surface area contributed by atoms with Gasteiger partial charge in [-0.15, -0.1) is 0 Å². The lowest BCUT2D eigenvalue weighted by Gasteiger charge is -2.21. The molecule has 0 fully saturated rings. The van der Waals surface area contributed by atoms with Crippen molar-refractivity contribution in [3.05, 3.63) is 222 Å². The van der Waals surface area contributed by atoms with E-state index in [1.807, 2.05) is 6.07 Å². The maximum atomic E-state index is 2.35.